The largest absolute Gasteiger partial charge is 0.300 e. The minimum absolute atomic E-state index is 0.278. The van der Waals surface area contributed by atoms with Gasteiger partial charge in [0.1, 0.15) is 5.54 Å². The highest BCUT2D eigenvalue weighted by Crippen LogP contribution is 2.40. The fraction of sp³-hybridized carbons (Fsp3) is 0.938. The lowest BCUT2D eigenvalue weighted by atomic mass is 9.93. The highest BCUT2D eigenvalue weighted by atomic mass is 15.2. The molecule has 1 N–H and O–H groups in total. The van der Waals surface area contributed by atoms with E-state index < -0.39 is 0 Å². The van der Waals surface area contributed by atoms with Crippen LogP contribution >= 0.6 is 0 Å². The van der Waals surface area contributed by atoms with Crippen molar-refractivity contribution in [2.24, 2.45) is 11.8 Å². The summed E-state index contributed by atoms with van der Waals surface area (Å²) < 4.78 is 0. The Bertz CT molecular complexity index is 314. The number of nitrogens with one attached hydrogen (secondary N) is 1. The molecule has 19 heavy (non-hydrogen) atoms. The third-order valence-electron chi connectivity index (χ3n) is 4.39. The summed E-state index contributed by atoms with van der Waals surface area (Å²) >= 11 is 0. The highest BCUT2D eigenvalue weighted by Gasteiger charge is 2.46. The van der Waals surface area contributed by atoms with Crippen LogP contribution in [-0.2, 0) is 0 Å². The Hall–Kier alpha value is -0.590. The summed E-state index contributed by atoms with van der Waals surface area (Å²) in [6, 6.07) is 2.64. The summed E-state index contributed by atoms with van der Waals surface area (Å²) in [5.74, 6) is 1.50. The number of rotatable bonds is 10. The van der Waals surface area contributed by atoms with E-state index in [1.165, 1.54) is 38.6 Å². The molecule has 2 aliphatic rings. The zero-order chi connectivity index (χ0) is 13.7. The van der Waals surface area contributed by atoms with E-state index in [0.717, 1.165) is 32.0 Å². The summed E-state index contributed by atoms with van der Waals surface area (Å²) in [6.07, 6.45) is 7.54. The molecule has 1 atom stereocenters. The predicted molar refractivity (Wildman–Crippen MR) is 78.8 cm³/mol. The van der Waals surface area contributed by atoms with Crippen molar-refractivity contribution < 1.29 is 0 Å². The van der Waals surface area contributed by atoms with Crippen molar-refractivity contribution in [3.05, 3.63) is 0 Å². The Morgan fingerprint density at radius 3 is 2.42 bits per heavy atom. The fourth-order valence-corrected chi connectivity index (χ4v) is 2.99. The molecule has 108 valence electrons. The number of hydrogen-bond donors (Lipinski definition) is 1. The molecule has 0 radical (unpaired) electrons. The molecule has 0 aromatic carbocycles. The van der Waals surface area contributed by atoms with Crippen LogP contribution in [0, 0.1) is 23.2 Å². The van der Waals surface area contributed by atoms with Gasteiger partial charge in [0, 0.05) is 13.1 Å². The molecule has 0 aliphatic heterocycles. The fourth-order valence-electron chi connectivity index (χ4n) is 2.99. The topological polar surface area (TPSA) is 39.1 Å². The van der Waals surface area contributed by atoms with Crippen LogP contribution in [-0.4, -0.2) is 36.6 Å². The number of hydrogen-bond acceptors (Lipinski definition) is 3. The Labute approximate surface area is 118 Å². The van der Waals surface area contributed by atoms with Gasteiger partial charge in [0.05, 0.1) is 6.07 Å². The van der Waals surface area contributed by atoms with Crippen molar-refractivity contribution >= 4 is 0 Å². The van der Waals surface area contributed by atoms with E-state index in [2.05, 4.69) is 30.1 Å². The van der Waals surface area contributed by atoms with Gasteiger partial charge >= 0.3 is 0 Å². The molecule has 0 bridgehead atoms. The van der Waals surface area contributed by atoms with Crippen molar-refractivity contribution in [3.8, 4) is 6.07 Å². The SMILES string of the molecule is CCCNC(C#N)(CN(CCC)CC1CC1)C1CC1. The molecule has 2 rings (SSSR count). The normalized spacial score (nSPS) is 22.2. The summed E-state index contributed by atoms with van der Waals surface area (Å²) in [6.45, 7) is 8.66. The lowest BCUT2D eigenvalue weighted by Gasteiger charge is -2.34. The summed E-state index contributed by atoms with van der Waals surface area (Å²) in [5, 5.41) is 13.3. The molecule has 0 amide bonds. The monoisotopic (exact) mass is 263 g/mol. The van der Waals surface area contributed by atoms with Crippen LogP contribution in [0.15, 0.2) is 0 Å². The van der Waals surface area contributed by atoms with Crippen LogP contribution in [0.5, 0.6) is 0 Å². The molecule has 0 aromatic heterocycles. The van der Waals surface area contributed by atoms with Gasteiger partial charge in [0.2, 0.25) is 0 Å². The molecule has 2 aliphatic carbocycles. The lowest BCUT2D eigenvalue weighted by Crippen LogP contribution is -2.55. The van der Waals surface area contributed by atoms with Gasteiger partial charge < -0.3 is 4.90 Å². The van der Waals surface area contributed by atoms with E-state index in [-0.39, 0.29) is 5.54 Å². The van der Waals surface area contributed by atoms with Crippen molar-refractivity contribution in [3.63, 3.8) is 0 Å². The smallest absolute Gasteiger partial charge is 0.122 e. The highest BCUT2D eigenvalue weighted by molar-refractivity contribution is 5.16. The molecule has 0 aromatic rings. The molecule has 2 fully saturated rings. The first kappa shape index (κ1) is 14.8. The summed E-state index contributed by atoms with van der Waals surface area (Å²) in [7, 11) is 0. The van der Waals surface area contributed by atoms with Crippen LogP contribution in [0.1, 0.15) is 52.4 Å². The maximum absolute atomic E-state index is 9.74. The van der Waals surface area contributed by atoms with Gasteiger partial charge in [0.15, 0.2) is 0 Å². The zero-order valence-electron chi connectivity index (χ0n) is 12.6. The molecule has 1 unspecified atom stereocenters. The first-order chi connectivity index (χ1) is 9.24. The standard InChI is InChI=1S/C16H29N3/c1-3-9-18-16(12-17,15-7-8-15)13-19(10-4-2)11-14-5-6-14/h14-15,18H,3-11,13H2,1-2H3. The van der Waals surface area contributed by atoms with Crippen LogP contribution in [0.3, 0.4) is 0 Å². The lowest BCUT2D eigenvalue weighted by molar-refractivity contribution is 0.189. The average Bonchev–Trinajstić information content (AvgIpc) is 3.27. The van der Waals surface area contributed by atoms with Crippen LogP contribution in [0.2, 0.25) is 0 Å². The van der Waals surface area contributed by atoms with E-state index in [4.69, 9.17) is 0 Å². The average molecular weight is 263 g/mol. The predicted octanol–water partition coefficient (Wildman–Crippen LogP) is 2.78. The molecule has 0 saturated heterocycles. The molecule has 0 heterocycles. The minimum atomic E-state index is -0.278. The molecule has 2 saturated carbocycles. The minimum Gasteiger partial charge on any atom is -0.300 e. The Morgan fingerprint density at radius 2 is 1.95 bits per heavy atom. The van der Waals surface area contributed by atoms with Crippen molar-refractivity contribution in [1.82, 2.24) is 10.2 Å². The van der Waals surface area contributed by atoms with Gasteiger partial charge in [-0.1, -0.05) is 13.8 Å². The van der Waals surface area contributed by atoms with Gasteiger partial charge in [-0.3, -0.25) is 5.32 Å². The van der Waals surface area contributed by atoms with Gasteiger partial charge in [-0.05, 0) is 63.5 Å². The van der Waals surface area contributed by atoms with Crippen molar-refractivity contribution in [2.75, 3.05) is 26.2 Å². The van der Waals surface area contributed by atoms with E-state index in [1.54, 1.807) is 0 Å². The van der Waals surface area contributed by atoms with E-state index in [0.29, 0.717) is 5.92 Å². The second-order valence-corrected chi connectivity index (χ2v) is 6.46. The Kier molecular flexibility index (Phi) is 5.24. The first-order valence-corrected chi connectivity index (χ1v) is 8.12. The molecule has 3 heteroatoms. The van der Waals surface area contributed by atoms with Crippen LogP contribution < -0.4 is 5.32 Å². The molecule has 0 spiro atoms. The van der Waals surface area contributed by atoms with Gasteiger partial charge in [0.25, 0.3) is 0 Å². The molecule has 3 nitrogen and oxygen atoms in total. The van der Waals surface area contributed by atoms with Crippen LogP contribution in [0.4, 0.5) is 0 Å². The van der Waals surface area contributed by atoms with Crippen LogP contribution in [0.25, 0.3) is 0 Å². The number of nitrogens with zero attached hydrogens (tertiary/aromatic N) is 2. The molecular formula is C16H29N3. The van der Waals surface area contributed by atoms with E-state index >= 15 is 0 Å². The van der Waals surface area contributed by atoms with Crippen molar-refractivity contribution in [1.29, 1.82) is 5.26 Å². The zero-order valence-corrected chi connectivity index (χ0v) is 12.6. The summed E-state index contributed by atoms with van der Waals surface area (Å²) in [4.78, 5) is 2.54. The Morgan fingerprint density at radius 1 is 1.21 bits per heavy atom. The first-order valence-electron chi connectivity index (χ1n) is 8.12. The molecular weight excluding hydrogens is 234 g/mol. The number of nitriles is 1. The maximum atomic E-state index is 9.74. The second kappa shape index (κ2) is 6.72. The van der Waals surface area contributed by atoms with E-state index in [1.807, 2.05) is 0 Å². The summed E-state index contributed by atoms with van der Waals surface area (Å²) in [5.41, 5.74) is -0.278. The van der Waals surface area contributed by atoms with Crippen molar-refractivity contribution in [2.45, 2.75) is 57.9 Å². The quantitative estimate of drug-likeness (QED) is 0.659. The van der Waals surface area contributed by atoms with Gasteiger partial charge in [-0.2, -0.15) is 5.26 Å². The maximum Gasteiger partial charge on any atom is 0.122 e. The Balaban J connectivity index is 1.96. The third-order valence-corrected chi connectivity index (χ3v) is 4.39. The third kappa shape index (κ3) is 4.19. The van der Waals surface area contributed by atoms with E-state index in [9.17, 15) is 5.26 Å². The second-order valence-electron chi connectivity index (χ2n) is 6.46. The van der Waals surface area contributed by atoms with Gasteiger partial charge in [-0.15, -0.1) is 0 Å². The van der Waals surface area contributed by atoms with Gasteiger partial charge in [-0.25, -0.2) is 0 Å².